The minimum atomic E-state index is -0.0222. The molecule has 6 nitrogen and oxygen atoms in total. The Balaban J connectivity index is 1.26. The third kappa shape index (κ3) is 7.07. The second-order valence-corrected chi connectivity index (χ2v) is 9.77. The number of nitrogens with zero attached hydrogens (tertiary/aromatic N) is 2. The number of likely N-dealkylation sites (tertiary alicyclic amines) is 2. The summed E-state index contributed by atoms with van der Waals surface area (Å²) in [7, 11) is 1.68. The number of carbonyl (C=O) groups excluding carboxylic acids is 2. The van der Waals surface area contributed by atoms with Gasteiger partial charge in [0.05, 0.1) is 13.2 Å². The van der Waals surface area contributed by atoms with Crippen LogP contribution in [0.5, 0.6) is 5.75 Å². The Labute approximate surface area is 209 Å². The molecule has 1 atom stereocenters. The van der Waals surface area contributed by atoms with E-state index in [4.69, 9.17) is 4.74 Å². The number of piperidine rings is 2. The molecule has 35 heavy (non-hydrogen) atoms. The van der Waals surface area contributed by atoms with Crippen LogP contribution in [0, 0.1) is 5.92 Å². The van der Waals surface area contributed by atoms with Crippen LogP contribution in [0.3, 0.4) is 0 Å². The lowest BCUT2D eigenvalue weighted by atomic mass is 9.95. The number of aryl methyl sites for hydroxylation is 1. The highest BCUT2D eigenvalue weighted by Crippen LogP contribution is 2.26. The molecular formula is C29H39N3O3. The highest BCUT2D eigenvalue weighted by molar-refractivity contribution is 5.80. The zero-order chi connectivity index (χ0) is 24.5. The predicted octanol–water partition coefficient (Wildman–Crippen LogP) is 4.21. The van der Waals surface area contributed by atoms with Gasteiger partial charge in [0.15, 0.2) is 0 Å². The number of methoxy groups -OCH3 is 1. The van der Waals surface area contributed by atoms with Gasteiger partial charge < -0.3 is 15.0 Å². The fraction of sp³-hybridized carbons (Fsp3) is 0.517. The van der Waals surface area contributed by atoms with E-state index in [0.29, 0.717) is 26.1 Å². The number of nitrogens with one attached hydrogen (secondary N) is 1. The number of ether oxygens (including phenoxy) is 1. The Kier molecular flexibility index (Phi) is 9.18. The van der Waals surface area contributed by atoms with Gasteiger partial charge in [-0.25, -0.2) is 0 Å². The molecule has 6 heteroatoms. The van der Waals surface area contributed by atoms with Crippen molar-refractivity contribution in [3.63, 3.8) is 0 Å². The third-order valence-corrected chi connectivity index (χ3v) is 7.49. The summed E-state index contributed by atoms with van der Waals surface area (Å²) in [5.41, 5.74) is 2.40. The summed E-state index contributed by atoms with van der Waals surface area (Å²) in [4.78, 5) is 30.1. The van der Waals surface area contributed by atoms with Crippen LogP contribution in [-0.4, -0.2) is 61.4 Å². The summed E-state index contributed by atoms with van der Waals surface area (Å²) in [5, 5.41) is 3.25. The zero-order valence-corrected chi connectivity index (χ0v) is 21.0. The highest BCUT2D eigenvalue weighted by Gasteiger charge is 2.29. The average molecular weight is 478 g/mol. The van der Waals surface area contributed by atoms with Crippen molar-refractivity contribution in [2.24, 2.45) is 5.92 Å². The van der Waals surface area contributed by atoms with E-state index in [1.807, 2.05) is 35.2 Å². The van der Waals surface area contributed by atoms with E-state index < -0.39 is 0 Å². The van der Waals surface area contributed by atoms with Crippen molar-refractivity contribution in [3.8, 4) is 5.75 Å². The molecule has 4 rings (SSSR count). The van der Waals surface area contributed by atoms with Gasteiger partial charge in [-0.05, 0) is 68.5 Å². The van der Waals surface area contributed by atoms with E-state index in [0.717, 1.165) is 38.1 Å². The molecule has 0 spiro atoms. The molecule has 2 heterocycles. The lowest BCUT2D eigenvalue weighted by Crippen LogP contribution is -2.45. The first-order chi connectivity index (χ1) is 17.1. The average Bonchev–Trinajstić information content (AvgIpc) is 2.93. The molecule has 2 saturated heterocycles. The molecule has 0 aliphatic carbocycles. The molecule has 0 bridgehead atoms. The van der Waals surface area contributed by atoms with Crippen molar-refractivity contribution in [2.45, 2.75) is 51.0 Å². The van der Waals surface area contributed by atoms with Crippen molar-refractivity contribution in [3.05, 3.63) is 65.7 Å². The normalized spacial score (nSPS) is 18.1. The summed E-state index contributed by atoms with van der Waals surface area (Å²) >= 11 is 0. The van der Waals surface area contributed by atoms with Gasteiger partial charge >= 0.3 is 0 Å². The Bertz CT molecular complexity index is 933. The number of rotatable bonds is 9. The van der Waals surface area contributed by atoms with Gasteiger partial charge in [0, 0.05) is 32.0 Å². The van der Waals surface area contributed by atoms with Crippen molar-refractivity contribution in [1.82, 2.24) is 15.1 Å². The summed E-state index contributed by atoms with van der Waals surface area (Å²) in [5.74, 6) is 1.14. The van der Waals surface area contributed by atoms with E-state index in [1.165, 1.54) is 30.4 Å². The molecule has 0 aromatic heterocycles. The fourth-order valence-corrected chi connectivity index (χ4v) is 5.30. The second-order valence-electron chi connectivity index (χ2n) is 9.77. The van der Waals surface area contributed by atoms with Crippen LogP contribution in [0.25, 0.3) is 0 Å². The fourth-order valence-electron chi connectivity index (χ4n) is 5.30. The van der Waals surface area contributed by atoms with Crippen molar-refractivity contribution >= 4 is 11.8 Å². The molecule has 188 valence electrons. The highest BCUT2D eigenvalue weighted by atomic mass is 16.5. The van der Waals surface area contributed by atoms with Gasteiger partial charge in [0.1, 0.15) is 5.75 Å². The number of benzene rings is 2. The Hall–Kier alpha value is -2.86. The van der Waals surface area contributed by atoms with E-state index >= 15 is 0 Å². The van der Waals surface area contributed by atoms with Crippen LogP contribution in [0.1, 0.15) is 55.7 Å². The van der Waals surface area contributed by atoms with Gasteiger partial charge in [-0.15, -0.1) is 0 Å². The van der Waals surface area contributed by atoms with Crippen LogP contribution in [0.2, 0.25) is 0 Å². The molecule has 2 aromatic rings. The Morgan fingerprint density at radius 2 is 1.63 bits per heavy atom. The minimum Gasteiger partial charge on any atom is -0.497 e. The molecule has 2 aliphatic rings. The molecule has 2 amide bonds. The molecule has 2 fully saturated rings. The van der Waals surface area contributed by atoms with E-state index in [2.05, 4.69) is 34.5 Å². The molecule has 1 N–H and O–H groups in total. The first kappa shape index (κ1) is 25.2. The lowest BCUT2D eigenvalue weighted by molar-refractivity contribution is -0.135. The van der Waals surface area contributed by atoms with Crippen LogP contribution in [0.15, 0.2) is 54.6 Å². The van der Waals surface area contributed by atoms with E-state index in [-0.39, 0.29) is 23.8 Å². The first-order valence-electron chi connectivity index (χ1n) is 13.1. The van der Waals surface area contributed by atoms with Crippen LogP contribution < -0.4 is 10.1 Å². The lowest BCUT2D eigenvalue weighted by Gasteiger charge is -2.36. The largest absolute Gasteiger partial charge is 0.497 e. The van der Waals surface area contributed by atoms with E-state index in [1.54, 1.807) is 7.11 Å². The van der Waals surface area contributed by atoms with Crippen molar-refractivity contribution in [2.75, 3.05) is 39.8 Å². The van der Waals surface area contributed by atoms with Crippen molar-refractivity contribution < 1.29 is 14.3 Å². The van der Waals surface area contributed by atoms with Gasteiger partial charge in [-0.3, -0.25) is 14.5 Å². The molecule has 0 radical (unpaired) electrons. The maximum absolute atomic E-state index is 13.1. The zero-order valence-electron chi connectivity index (χ0n) is 21.0. The standard InChI is InChI=1S/C29H39N3O3/c1-35-26-13-11-24(12-14-26)27(31-18-6-3-7-19-31)22-30-29(34)25-16-20-32(21-17-25)28(33)15-10-23-8-4-2-5-9-23/h2,4-5,8-9,11-14,25,27H,3,6-7,10,15-22H2,1H3,(H,30,34). The van der Waals surface area contributed by atoms with Gasteiger partial charge in [-0.2, -0.15) is 0 Å². The smallest absolute Gasteiger partial charge is 0.223 e. The number of amides is 2. The molecule has 2 aliphatic heterocycles. The van der Waals surface area contributed by atoms with Gasteiger partial charge in [-0.1, -0.05) is 48.9 Å². The predicted molar refractivity (Wildman–Crippen MR) is 138 cm³/mol. The number of hydrogen-bond donors (Lipinski definition) is 1. The number of carbonyl (C=O) groups is 2. The Morgan fingerprint density at radius 3 is 2.29 bits per heavy atom. The first-order valence-corrected chi connectivity index (χ1v) is 13.1. The molecule has 2 aromatic carbocycles. The second kappa shape index (κ2) is 12.7. The van der Waals surface area contributed by atoms with E-state index in [9.17, 15) is 9.59 Å². The van der Waals surface area contributed by atoms with Crippen molar-refractivity contribution in [1.29, 1.82) is 0 Å². The SMILES string of the molecule is COc1ccc(C(CNC(=O)C2CCN(C(=O)CCc3ccccc3)CC2)N2CCCCC2)cc1. The summed E-state index contributed by atoms with van der Waals surface area (Å²) in [6, 6.07) is 18.5. The van der Waals surface area contributed by atoms with Crippen LogP contribution in [0.4, 0.5) is 0 Å². The molecular weight excluding hydrogens is 438 g/mol. The topological polar surface area (TPSA) is 61.9 Å². The monoisotopic (exact) mass is 477 g/mol. The molecule has 1 unspecified atom stereocenters. The Morgan fingerprint density at radius 1 is 0.943 bits per heavy atom. The summed E-state index contributed by atoms with van der Waals surface area (Å²) in [6.45, 7) is 4.08. The summed E-state index contributed by atoms with van der Waals surface area (Å²) < 4.78 is 5.32. The maximum atomic E-state index is 13.1. The third-order valence-electron chi connectivity index (χ3n) is 7.49. The summed E-state index contributed by atoms with van der Waals surface area (Å²) in [6.07, 6.45) is 6.46. The maximum Gasteiger partial charge on any atom is 0.223 e. The van der Waals surface area contributed by atoms with Gasteiger partial charge in [0.25, 0.3) is 0 Å². The quantitative estimate of drug-likeness (QED) is 0.588. The van der Waals surface area contributed by atoms with Crippen LogP contribution in [-0.2, 0) is 16.0 Å². The minimum absolute atomic E-state index is 0.0222. The molecule has 0 saturated carbocycles. The van der Waals surface area contributed by atoms with Crippen LogP contribution >= 0.6 is 0 Å². The number of hydrogen-bond acceptors (Lipinski definition) is 4. The van der Waals surface area contributed by atoms with Gasteiger partial charge in [0.2, 0.25) is 11.8 Å².